The molecule has 0 aromatic carbocycles. The zero-order valence-electron chi connectivity index (χ0n) is 17.4. The number of ether oxygens (including phenoxy) is 5. The topological polar surface area (TPSA) is 228 Å². The maximum atomic E-state index is 10.5. The van der Waals surface area contributed by atoms with Crippen LogP contribution in [0.1, 0.15) is 13.8 Å². The van der Waals surface area contributed by atoms with Gasteiger partial charge in [-0.15, -0.1) is 0 Å². The van der Waals surface area contributed by atoms with Crippen LogP contribution in [-0.4, -0.2) is 145 Å². The lowest BCUT2D eigenvalue weighted by Crippen LogP contribution is -2.65. The van der Waals surface area contributed by atoms with Crippen molar-refractivity contribution in [1.29, 1.82) is 0 Å². The van der Waals surface area contributed by atoms with Gasteiger partial charge < -0.3 is 69.6 Å². The van der Waals surface area contributed by atoms with Gasteiger partial charge in [-0.2, -0.15) is 0 Å². The average Bonchev–Trinajstić information content (AvgIpc) is 2.76. The highest BCUT2D eigenvalue weighted by Crippen LogP contribution is 2.31. The van der Waals surface area contributed by atoms with Crippen molar-refractivity contribution in [2.75, 3.05) is 6.61 Å². The van der Waals surface area contributed by atoms with E-state index in [4.69, 9.17) is 28.8 Å². The fourth-order valence-corrected chi connectivity index (χ4v) is 3.96. The van der Waals surface area contributed by atoms with Crippen LogP contribution in [0, 0.1) is 0 Å². The summed E-state index contributed by atoms with van der Waals surface area (Å²) in [6, 6.07) is 0. The van der Waals surface area contributed by atoms with E-state index in [-0.39, 0.29) is 0 Å². The molecule has 0 unspecified atom stereocenters. The summed E-state index contributed by atoms with van der Waals surface area (Å²) >= 11 is 0. The van der Waals surface area contributed by atoms with E-state index in [0.29, 0.717) is 0 Å². The van der Waals surface area contributed by atoms with Crippen molar-refractivity contribution >= 4 is 0 Å². The van der Waals surface area contributed by atoms with Gasteiger partial charge in [-0.1, -0.05) is 0 Å². The monoisotopic (exact) mass is 472 g/mol. The molecule has 14 nitrogen and oxygen atoms in total. The van der Waals surface area contributed by atoms with E-state index in [9.17, 15) is 40.9 Å². The van der Waals surface area contributed by atoms with Crippen LogP contribution in [0.4, 0.5) is 0 Å². The van der Waals surface area contributed by atoms with Crippen LogP contribution in [0.15, 0.2) is 0 Å². The molecule has 0 amide bonds. The predicted molar refractivity (Wildman–Crippen MR) is 98.4 cm³/mol. The second-order valence-electron chi connectivity index (χ2n) is 8.30. The molecule has 0 aliphatic carbocycles. The molecule has 3 saturated heterocycles. The first kappa shape index (κ1) is 26.1. The first-order chi connectivity index (χ1) is 15.0. The van der Waals surface area contributed by atoms with Gasteiger partial charge in [0.1, 0.15) is 61.0 Å². The number of aliphatic hydroxyl groups is 9. The maximum absolute atomic E-state index is 10.5. The first-order valence-corrected chi connectivity index (χ1v) is 10.3. The van der Waals surface area contributed by atoms with Crippen LogP contribution in [0.5, 0.6) is 0 Å². The molecular formula is C18H32O14. The van der Waals surface area contributed by atoms with E-state index >= 15 is 0 Å². The smallest absolute Gasteiger partial charge is 0.187 e. The van der Waals surface area contributed by atoms with E-state index < -0.39 is 98.7 Å². The van der Waals surface area contributed by atoms with Crippen molar-refractivity contribution < 1.29 is 69.6 Å². The Bertz CT molecular complexity index is 610. The fourth-order valence-electron chi connectivity index (χ4n) is 3.96. The Balaban J connectivity index is 1.65. The highest BCUT2D eigenvalue weighted by molar-refractivity contribution is 4.94. The van der Waals surface area contributed by atoms with Gasteiger partial charge >= 0.3 is 0 Å². The second kappa shape index (κ2) is 10.4. The average molecular weight is 472 g/mol. The van der Waals surface area contributed by atoms with Gasteiger partial charge in [0.15, 0.2) is 18.9 Å². The lowest BCUT2D eigenvalue weighted by Gasteiger charge is -2.47. The molecule has 9 N–H and O–H groups in total. The van der Waals surface area contributed by atoms with Crippen molar-refractivity contribution in [1.82, 2.24) is 0 Å². The number of hydrogen-bond donors (Lipinski definition) is 9. The molecule has 3 heterocycles. The van der Waals surface area contributed by atoms with Gasteiger partial charge in [0.25, 0.3) is 0 Å². The largest absolute Gasteiger partial charge is 0.394 e. The molecule has 0 saturated carbocycles. The first-order valence-electron chi connectivity index (χ1n) is 10.3. The van der Waals surface area contributed by atoms with Crippen LogP contribution in [0.2, 0.25) is 0 Å². The lowest BCUT2D eigenvalue weighted by molar-refractivity contribution is -0.377. The minimum absolute atomic E-state index is 0.668. The summed E-state index contributed by atoms with van der Waals surface area (Å²) < 4.78 is 26.7. The van der Waals surface area contributed by atoms with Gasteiger partial charge in [-0.05, 0) is 13.8 Å². The van der Waals surface area contributed by atoms with Crippen molar-refractivity contribution in [3.8, 4) is 0 Å². The molecule has 0 radical (unpaired) electrons. The van der Waals surface area contributed by atoms with Crippen molar-refractivity contribution in [3.63, 3.8) is 0 Å². The SMILES string of the molecule is C[C@@H]1O[C@@H](O[C@@H]2[C@@H](O)[C@@H](O)[C@H](O[C@@H]3[C@@H](O)[C@H](O)[C@@H](CO)O[C@H]3O)O[C@H]2C)[C@H](O)[C@H](O)[C@H]1O. The quantitative estimate of drug-likeness (QED) is 0.182. The third kappa shape index (κ3) is 4.94. The Morgan fingerprint density at radius 1 is 0.562 bits per heavy atom. The summed E-state index contributed by atoms with van der Waals surface area (Å²) in [5.74, 6) is 0. The molecule has 3 fully saturated rings. The summed E-state index contributed by atoms with van der Waals surface area (Å²) in [7, 11) is 0. The van der Waals surface area contributed by atoms with Crippen LogP contribution in [-0.2, 0) is 23.7 Å². The second-order valence-corrected chi connectivity index (χ2v) is 8.30. The van der Waals surface area contributed by atoms with E-state index in [1.165, 1.54) is 13.8 Å². The molecular weight excluding hydrogens is 440 g/mol. The van der Waals surface area contributed by atoms with Gasteiger partial charge in [0.2, 0.25) is 0 Å². The van der Waals surface area contributed by atoms with Crippen molar-refractivity contribution in [3.05, 3.63) is 0 Å². The van der Waals surface area contributed by atoms with Crippen LogP contribution >= 0.6 is 0 Å². The number of rotatable bonds is 5. The fraction of sp³-hybridized carbons (Fsp3) is 1.00. The molecule has 0 spiro atoms. The predicted octanol–water partition coefficient (Wildman–Crippen LogP) is -5.52. The van der Waals surface area contributed by atoms with E-state index in [1.54, 1.807) is 0 Å². The molecule has 0 aromatic heterocycles. The molecule has 3 aliphatic heterocycles. The Morgan fingerprint density at radius 3 is 1.66 bits per heavy atom. The molecule has 3 rings (SSSR count). The Morgan fingerprint density at radius 2 is 1.06 bits per heavy atom. The highest BCUT2D eigenvalue weighted by atomic mass is 16.8. The lowest BCUT2D eigenvalue weighted by atomic mass is 9.97. The summed E-state index contributed by atoms with van der Waals surface area (Å²) in [6.45, 7) is 2.23. The van der Waals surface area contributed by atoms with Crippen LogP contribution in [0.25, 0.3) is 0 Å². The third-order valence-electron chi connectivity index (χ3n) is 6.01. The molecule has 3 aliphatic rings. The molecule has 0 aromatic rings. The molecule has 0 bridgehead atoms. The van der Waals surface area contributed by atoms with Gasteiger partial charge in [0, 0.05) is 0 Å². The minimum Gasteiger partial charge on any atom is -0.394 e. The Kier molecular flexibility index (Phi) is 8.44. The molecule has 14 heteroatoms. The van der Waals surface area contributed by atoms with Gasteiger partial charge in [-0.3, -0.25) is 0 Å². The number of aliphatic hydroxyl groups excluding tert-OH is 9. The zero-order valence-corrected chi connectivity index (χ0v) is 17.4. The van der Waals surface area contributed by atoms with Gasteiger partial charge in [0.05, 0.1) is 18.8 Å². The Labute approximate surface area is 183 Å². The molecule has 188 valence electrons. The zero-order chi connectivity index (χ0) is 23.9. The normalized spacial score (nSPS) is 55.0. The molecule has 15 atom stereocenters. The number of hydrogen-bond acceptors (Lipinski definition) is 14. The van der Waals surface area contributed by atoms with Crippen LogP contribution < -0.4 is 0 Å². The van der Waals surface area contributed by atoms with Crippen LogP contribution in [0.3, 0.4) is 0 Å². The minimum atomic E-state index is -1.78. The highest BCUT2D eigenvalue weighted by Gasteiger charge is 2.52. The summed E-state index contributed by atoms with van der Waals surface area (Å²) in [5, 5.41) is 90.1. The third-order valence-corrected chi connectivity index (χ3v) is 6.01. The van der Waals surface area contributed by atoms with E-state index in [2.05, 4.69) is 0 Å². The van der Waals surface area contributed by atoms with Crippen molar-refractivity contribution in [2.24, 2.45) is 0 Å². The maximum Gasteiger partial charge on any atom is 0.187 e. The van der Waals surface area contributed by atoms with Gasteiger partial charge in [-0.25, -0.2) is 0 Å². The Hall–Kier alpha value is -0.560. The summed E-state index contributed by atoms with van der Waals surface area (Å²) in [6.07, 6.45) is -22.1. The van der Waals surface area contributed by atoms with E-state index in [0.717, 1.165) is 0 Å². The standard InChI is InChI=1S/C18H32O14/c1-4-7(20)9(22)12(25)17(28-4)31-14-5(2)29-18(13(26)11(14)24)32-15-10(23)8(21)6(3-19)30-16(15)27/h4-27H,3H2,1-2H3/t4-,5-,6+,7-,8+,9+,10-,11-,12+,13+,14-,15+,16+,17-,18-/m0/s1. The summed E-state index contributed by atoms with van der Waals surface area (Å²) in [5.41, 5.74) is 0. The molecule has 32 heavy (non-hydrogen) atoms. The summed E-state index contributed by atoms with van der Waals surface area (Å²) in [4.78, 5) is 0. The van der Waals surface area contributed by atoms with Crippen molar-refractivity contribution in [2.45, 2.75) is 106 Å². The van der Waals surface area contributed by atoms with E-state index in [1.807, 2.05) is 0 Å².